The summed E-state index contributed by atoms with van der Waals surface area (Å²) in [5, 5.41) is 2.69. The summed E-state index contributed by atoms with van der Waals surface area (Å²) in [6.07, 6.45) is 1.38. The molecule has 37 heavy (non-hydrogen) atoms. The number of nitrogens with one attached hydrogen (secondary N) is 1. The minimum absolute atomic E-state index is 0.168. The largest absolute Gasteiger partial charge is 0.357 e. The van der Waals surface area contributed by atoms with Crippen LogP contribution in [0.5, 0.6) is 0 Å². The van der Waals surface area contributed by atoms with E-state index in [0.717, 1.165) is 38.4 Å². The van der Waals surface area contributed by atoms with Gasteiger partial charge in [0, 0.05) is 20.0 Å². The van der Waals surface area contributed by atoms with Crippen molar-refractivity contribution in [1.29, 1.82) is 0 Å². The molecule has 1 N–H and O–H groups in total. The average molecular weight is 522 g/mol. The molecule has 2 amide bonds. The van der Waals surface area contributed by atoms with Crippen LogP contribution >= 0.6 is 0 Å². The van der Waals surface area contributed by atoms with Gasteiger partial charge in [0.25, 0.3) is 0 Å². The molecule has 0 aliphatic carbocycles. The molecule has 196 valence electrons. The Bertz CT molecular complexity index is 1360. The van der Waals surface area contributed by atoms with Gasteiger partial charge in [0.15, 0.2) is 0 Å². The standard InChI is InChI=1S/C29H35N3O4S/c1-21-15-16-26(17-23(21)3)32(37(5,35)36)20-28(33)31(19-25-14-10-9-11-22(25)2)27(29(34)30-4)18-24-12-7-6-8-13-24/h6-17,27H,18-20H2,1-5H3,(H,30,34)/t27-/m1/s1. The Kier molecular flexibility index (Phi) is 9.10. The number of hydrogen-bond acceptors (Lipinski definition) is 4. The monoisotopic (exact) mass is 521 g/mol. The summed E-state index contributed by atoms with van der Waals surface area (Å²) in [5.41, 5.74) is 5.11. The fourth-order valence-electron chi connectivity index (χ4n) is 4.19. The predicted molar refractivity (Wildman–Crippen MR) is 148 cm³/mol. The van der Waals surface area contributed by atoms with Crippen LogP contribution in [0.15, 0.2) is 72.8 Å². The van der Waals surface area contributed by atoms with Gasteiger partial charge >= 0.3 is 0 Å². The molecule has 0 unspecified atom stereocenters. The van der Waals surface area contributed by atoms with E-state index in [0.29, 0.717) is 12.1 Å². The molecule has 0 saturated carbocycles. The summed E-state index contributed by atoms with van der Waals surface area (Å²) in [6.45, 7) is 5.53. The third kappa shape index (κ3) is 7.20. The Morgan fingerprint density at radius 2 is 1.51 bits per heavy atom. The van der Waals surface area contributed by atoms with Crippen molar-refractivity contribution in [3.63, 3.8) is 0 Å². The van der Waals surface area contributed by atoms with Crippen molar-refractivity contribution in [2.75, 3.05) is 24.2 Å². The van der Waals surface area contributed by atoms with E-state index in [1.54, 1.807) is 12.1 Å². The summed E-state index contributed by atoms with van der Waals surface area (Å²) in [4.78, 5) is 28.6. The van der Waals surface area contributed by atoms with Crippen molar-refractivity contribution in [2.24, 2.45) is 0 Å². The molecule has 0 saturated heterocycles. The van der Waals surface area contributed by atoms with Crippen LogP contribution in [0.25, 0.3) is 0 Å². The fourth-order valence-corrected chi connectivity index (χ4v) is 5.03. The quantitative estimate of drug-likeness (QED) is 0.440. The molecule has 3 aromatic rings. The zero-order chi connectivity index (χ0) is 27.2. The van der Waals surface area contributed by atoms with Gasteiger partial charge in [-0.15, -0.1) is 0 Å². The number of carbonyl (C=O) groups is 2. The van der Waals surface area contributed by atoms with Crippen LogP contribution in [0.1, 0.15) is 27.8 Å². The van der Waals surface area contributed by atoms with Gasteiger partial charge in [-0.25, -0.2) is 8.42 Å². The van der Waals surface area contributed by atoms with Crippen molar-refractivity contribution in [3.8, 4) is 0 Å². The second kappa shape index (κ2) is 12.1. The maximum atomic E-state index is 13.9. The summed E-state index contributed by atoms with van der Waals surface area (Å²) < 4.78 is 26.8. The van der Waals surface area contributed by atoms with Gasteiger partial charge in [-0.2, -0.15) is 0 Å². The highest BCUT2D eigenvalue weighted by Gasteiger charge is 2.32. The van der Waals surface area contributed by atoms with E-state index >= 15 is 0 Å². The zero-order valence-corrected chi connectivity index (χ0v) is 22.9. The maximum absolute atomic E-state index is 13.9. The second-order valence-electron chi connectivity index (χ2n) is 9.31. The summed E-state index contributed by atoms with van der Waals surface area (Å²) in [7, 11) is -2.25. The summed E-state index contributed by atoms with van der Waals surface area (Å²) in [6, 6.07) is 21.6. The highest BCUT2D eigenvalue weighted by Crippen LogP contribution is 2.23. The van der Waals surface area contributed by atoms with E-state index in [1.165, 1.54) is 11.9 Å². The molecule has 0 heterocycles. The molecule has 3 rings (SSSR count). The van der Waals surface area contributed by atoms with Crippen LogP contribution in [-0.2, 0) is 32.6 Å². The molecular weight excluding hydrogens is 486 g/mol. The molecule has 0 radical (unpaired) electrons. The van der Waals surface area contributed by atoms with Gasteiger partial charge < -0.3 is 10.2 Å². The number of anilines is 1. The Morgan fingerprint density at radius 3 is 2.11 bits per heavy atom. The van der Waals surface area contributed by atoms with Crippen molar-refractivity contribution in [1.82, 2.24) is 10.2 Å². The Hall–Kier alpha value is -3.65. The number of carbonyl (C=O) groups excluding carboxylic acids is 2. The van der Waals surface area contributed by atoms with Crippen molar-refractivity contribution in [2.45, 2.75) is 39.8 Å². The number of rotatable bonds is 10. The van der Waals surface area contributed by atoms with Gasteiger partial charge in [0.05, 0.1) is 11.9 Å². The molecule has 0 aliphatic rings. The van der Waals surface area contributed by atoms with Crippen LogP contribution in [-0.4, -0.2) is 51.0 Å². The first kappa shape index (κ1) is 27.9. The number of benzene rings is 3. The molecule has 0 spiro atoms. The lowest BCUT2D eigenvalue weighted by atomic mass is 10.0. The zero-order valence-electron chi connectivity index (χ0n) is 22.1. The fraction of sp³-hybridized carbons (Fsp3) is 0.310. The third-order valence-corrected chi connectivity index (χ3v) is 7.72. The molecule has 8 heteroatoms. The van der Waals surface area contributed by atoms with E-state index in [1.807, 2.05) is 81.4 Å². The molecule has 0 bridgehead atoms. The lowest BCUT2D eigenvalue weighted by Gasteiger charge is -2.33. The van der Waals surface area contributed by atoms with Crippen LogP contribution in [0.2, 0.25) is 0 Å². The van der Waals surface area contributed by atoms with Crippen LogP contribution in [0.3, 0.4) is 0 Å². The first-order valence-electron chi connectivity index (χ1n) is 12.2. The molecule has 0 aliphatic heterocycles. The second-order valence-corrected chi connectivity index (χ2v) is 11.2. The number of amides is 2. The molecular formula is C29H35N3O4S. The highest BCUT2D eigenvalue weighted by molar-refractivity contribution is 7.92. The minimum atomic E-state index is -3.78. The smallest absolute Gasteiger partial charge is 0.244 e. The van der Waals surface area contributed by atoms with Gasteiger partial charge in [-0.1, -0.05) is 60.7 Å². The van der Waals surface area contributed by atoms with Gasteiger partial charge in [-0.3, -0.25) is 13.9 Å². The van der Waals surface area contributed by atoms with E-state index < -0.39 is 28.5 Å². The van der Waals surface area contributed by atoms with Gasteiger partial charge in [-0.05, 0) is 60.7 Å². The molecule has 0 aromatic heterocycles. The SMILES string of the molecule is CNC(=O)[C@@H](Cc1ccccc1)N(Cc1ccccc1C)C(=O)CN(c1ccc(C)c(C)c1)S(C)(=O)=O. The lowest BCUT2D eigenvalue weighted by Crippen LogP contribution is -2.53. The van der Waals surface area contributed by atoms with Gasteiger partial charge in [0.1, 0.15) is 12.6 Å². The normalized spacial score (nSPS) is 12.0. The maximum Gasteiger partial charge on any atom is 0.244 e. The van der Waals surface area contributed by atoms with E-state index in [4.69, 9.17) is 0 Å². The molecule has 1 atom stereocenters. The molecule has 3 aromatic carbocycles. The number of likely N-dealkylation sites (N-methyl/N-ethyl adjacent to an activating group) is 1. The number of hydrogen-bond donors (Lipinski definition) is 1. The summed E-state index contributed by atoms with van der Waals surface area (Å²) >= 11 is 0. The molecule has 0 fully saturated rings. The average Bonchev–Trinajstić information content (AvgIpc) is 2.86. The number of aryl methyl sites for hydroxylation is 3. The first-order chi connectivity index (χ1) is 17.5. The Labute approximate surface area is 220 Å². The minimum Gasteiger partial charge on any atom is -0.357 e. The van der Waals surface area contributed by atoms with Crippen molar-refractivity contribution in [3.05, 3.63) is 101 Å². The predicted octanol–water partition coefficient (Wildman–Crippen LogP) is 3.76. The van der Waals surface area contributed by atoms with Crippen LogP contribution < -0.4 is 9.62 Å². The van der Waals surface area contributed by atoms with E-state index in [2.05, 4.69) is 5.32 Å². The van der Waals surface area contributed by atoms with E-state index in [9.17, 15) is 18.0 Å². The Balaban J connectivity index is 2.05. The topological polar surface area (TPSA) is 86.8 Å². The summed E-state index contributed by atoms with van der Waals surface area (Å²) in [5.74, 6) is -0.778. The van der Waals surface area contributed by atoms with Gasteiger partial charge in [0.2, 0.25) is 21.8 Å². The third-order valence-electron chi connectivity index (χ3n) is 6.58. The van der Waals surface area contributed by atoms with Crippen LogP contribution in [0.4, 0.5) is 5.69 Å². The number of nitrogens with zero attached hydrogens (tertiary/aromatic N) is 2. The van der Waals surface area contributed by atoms with Crippen molar-refractivity contribution < 1.29 is 18.0 Å². The van der Waals surface area contributed by atoms with E-state index in [-0.39, 0.29) is 12.5 Å². The molecule has 7 nitrogen and oxygen atoms in total. The highest BCUT2D eigenvalue weighted by atomic mass is 32.2. The first-order valence-corrected chi connectivity index (χ1v) is 14.0. The van der Waals surface area contributed by atoms with Crippen LogP contribution in [0, 0.1) is 20.8 Å². The lowest BCUT2D eigenvalue weighted by molar-refractivity contribution is -0.139. The Morgan fingerprint density at radius 1 is 0.865 bits per heavy atom. The number of sulfonamides is 1. The van der Waals surface area contributed by atoms with Crippen molar-refractivity contribution >= 4 is 27.5 Å².